The van der Waals surface area contributed by atoms with Gasteiger partial charge in [-0.25, -0.2) is 0 Å². The summed E-state index contributed by atoms with van der Waals surface area (Å²) in [5.74, 6) is 0.247. The lowest BCUT2D eigenvalue weighted by atomic mass is 10.1. The summed E-state index contributed by atoms with van der Waals surface area (Å²) in [4.78, 5) is 14.4. The first-order chi connectivity index (χ1) is 8.70. The molecule has 0 unspecified atom stereocenters. The van der Waals surface area contributed by atoms with E-state index in [2.05, 4.69) is 11.8 Å². The summed E-state index contributed by atoms with van der Waals surface area (Å²) in [6.45, 7) is 3.07. The normalized spacial score (nSPS) is 14.5. The van der Waals surface area contributed by atoms with E-state index in [0.29, 0.717) is 12.5 Å². The van der Waals surface area contributed by atoms with Gasteiger partial charge in [0.15, 0.2) is 0 Å². The van der Waals surface area contributed by atoms with Gasteiger partial charge in [0.05, 0.1) is 6.42 Å². The topological polar surface area (TPSA) is 46.3 Å². The number of nitrogens with zero attached hydrogens (tertiary/aromatic N) is 1. The van der Waals surface area contributed by atoms with E-state index in [1.54, 1.807) is 0 Å². The zero-order valence-electron chi connectivity index (χ0n) is 11.1. The number of unbranched alkanes of at least 4 members (excludes halogenated alkanes) is 1. The maximum atomic E-state index is 12.3. The molecule has 1 aromatic rings. The first kappa shape index (κ1) is 12.9. The fourth-order valence-electron chi connectivity index (χ4n) is 2.20. The van der Waals surface area contributed by atoms with Gasteiger partial charge in [-0.2, -0.15) is 0 Å². The lowest BCUT2D eigenvalue weighted by molar-refractivity contribution is -0.131. The predicted octanol–water partition coefficient (Wildman–Crippen LogP) is 2.60. The van der Waals surface area contributed by atoms with E-state index in [1.165, 1.54) is 12.8 Å². The Bertz CT molecular complexity index is 413. The molecule has 0 atom stereocenters. The SMILES string of the molecule is CCCCN(C(=O)Cc1cccc(N)c1)C1CC1. The van der Waals surface area contributed by atoms with Crippen LogP contribution < -0.4 is 5.73 Å². The minimum atomic E-state index is 0.247. The summed E-state index contributed by atoms with van der Waals surface area (Å²) in [6.07, 6.45) is 5.05. The van der Waals surface area contributed by atoms with Crippen LogP contribution in [0, 0.1) is 0 Å². The Kier molecular flexibility index (Phi) is 4.24. The molecule has 1 aliphatic rings. The van der Waals surface area contributed by atoms with Crippen molar-refractivity contribution >= 4 is 11.6 Å². The van der Waals surface area contributed by atoms with Crippen LogP contribution in [0.1, 0.15) is 38.2 Å². The van der Waals surface area contributed by atoms with E-state index in [4.69, 9.17) is 5.73 Å². The minimum Gasteiger partial charge on any atom is -0.399 e. The summed E-state index contributed by atoms with van der Waals surface area (Å²) in [5.41, 5.74) is 7.48. The number of amides is 1. The number of benzene rings is 1. The minimum absolute atomic E-state index is 0.247. The summed E-state index contributed by atoms with van der Waals surface area (Å²) >= 11 is 0. The molecular formula is C15H22N2O. The maximum Gasteiger partial charge on any atom is 0.227 e. The molecule has 1 saturated carbocycles. The number of carbonyl (C=O) groups excluding carboxylic acids is 1. The molecular weight excluding hydrogens is 224 g/mol. The molecule has 18 heavy (non-hydrogen) atoms. The molecule has 0 heterocycles. The third-order valence-electron chi connectivity index (χ3n) is 3.37. The molecule has 0 aromatic heterocycles. The average Bonchev–Trinajstić information content (AvgIpc) is 3.14. The first-order valence-corrected chi connectivity index (χ1v) is 6.84. The number of hydrogen-bond donors (Lipinski definition) is 1. The van der Waals surface area contributed by atoms with Crippen molar-refractivity contribution in [2.45, 2.75) is 45.1 Å². The van der Waals surface area contributed by atoms with Gasteiger partial charge in [0.1, 0.15) is 0 Å². The number of hydrogen-bond acceptors (Lipinski definition) is 2. The molecule has 1 fully saturated rings. The van der Waals surface area contributed by atoms with Crippen molar-refractivity contribution < 1.29 is 4.79 Å². The van der Waals surface area contributed by atoms with Crippen molar-refractivity contribution in [3.8, 4) is 0 Å². The van der Waals surface area contributed by atoms with Crippen molar-refractivity contribution in [1.82, 2.24) is 4.90 Å². The standard InChI is InChI=1S/C15H22N2O/c1-2-3-9-17(14-7-8-14)15(18)11-12-5-4-6-13(16)10-12/h4-6,10,14H,2-3,7-9,11,16H2,1H3. The maximum absolute atomic E-state index is 12.3. The van der Waals surface area contributed by atoms with Crippen LogP contribution in [0.15, 0.2) is 24.3 Å². The van der Waals surface area contributed by atoms with Crippen LogP contribution in [-0.2, 0) is 11.2 Å². The zero-order chi connectivity index (χ0) is 13.0. The van der Waals surface area contributed by atoms with Crippen LogP contribution in [0.2, 0.25) is 0 Å². The smallest absolute Gasteiger partial charge is 0.227 e. The van der Waals surface area contributed by atoms with Crippen molar-refractivity contribution in [1.29, 1.82) is 0 Å². The van der Waals surface area contributed by atoms with Gasteiger partial charge in [0.2, 0.25) is 5.91 Å². The molecule has 1 aliphatic carbocycles. The molecule has 3 nitrogen and oxygen atoms in total. The monoisotopic (exact) mass is 246 g/mol. The lowest BCUT2D eigenvalue weighted by Gasteiger charge is -2.22. The van der Waals surface area contributed by atoms with Crippen molar-refractivity contribution in [3.05, 3.63) is 29.8 Å². The number of anilines is 1. The number of nitrogen functional groups attached to an aromatic ring is 1. The third kappa shape index (κ3) is 3.49. The van der Waals surface area contributed by atoms with Crippen molar-refractivity contribution in [2.75, 3.05) is 12.3 Å². The van der Waals surface area contributed by atoms with E-state index in [0.717, 1.165) is 30.6 Å². The van der Waals surface area contributed by atoms with Crippen LogP contribution in [0.4, 0.5) is 5.69 Å². The Morgan fingerprint density at radius 2 is 2.22 bits per heavy atom. The first-order valence-electron chi connectivity index (χ1n) is 6.84. The van der Waals surface area contributed by atoms with Crippen molar-refractivity contribution in [3.63, 3.8) is 0 Å². The highest BCUT2D eigenvalue weighted by atomic mass is 16.2. The molecule has 0 bridgehead atoms. The highest BCUT2D eigenvalue weighted by Crippen LogP contribution is 2.27. The molecule has 0 aliphatic heterocycles. The zero-order valence-corrected chi connectivity index (χ0v) is 11.1. The van der Waals surface area contributed by atoms with Gasteiger partial charge in [0, 0.05) is 18.3 Å². The summed E-state index contributed by atoms with van der Waals surface area (Å²) in [5, 5.41) is 0. The van der Waals surface area contributed by atoms with E-state index in [1.807, 2.05) is 24.3 Å². The predicted molar refractivity (Wildman–Crippen MR) is 74.2 cm³/mol. The molecule has 98 valence electrons. The highest BCUT2D eigenvalue weighted by Gasteiger charge is 2.31. The molecule has 0 spiro atoms. The number of nitrogens with two attached hydrogens (primary N) is 1. The van der Waals surface area contributed by atoms with Crippen LogP contribution in [-0.4, -0.2) is 23.4 Å². The number of rotatable bonds is 6. The Morgan fingerprint density at radius 3 is 2.83 bits per heavy atom. The van der Waals surface area contributed by atoms with Crippen LogP contribution in [0.3, 0.4) is 0 Å². The molecule has 1 amide bonds. The fourth-order valence-corrected chi connectivity index (χ4v) is 2.20. The van der Waals surface area contributed by atoms with Crippen LogP contribution in [0.25, 0.3) is 0 Å². The van der Waals surface area contributed by atoms with Crippen LogP contribution >= 0.6 is 0 Å². The van der Waals surface area contributed by atoms with Gasteiger partial charge >= 0.3 is 0 Å². The molecule has 2 rings (SSSR count). The largest absolute Gasteiger partial charge is 0.399 e. The molecule has 0 radical (unpaired) electrons. The molecule has 1 aromatic carbocycles. The Hall–Kier alpha value is -1.51. The fraction of sp³-hybridized carbons (Fsp3) is 0.533. The number of carbonyl (C=O) groups is 1. The van der Waals surface area contributed by atoms with Crippen molar-refractivity contribution in [2.24, 2.45) is 0 Å². The highest BCUT2D eigenvalue weighted by molar-refractivity contribution is 5.79. The molecule has 0 saturated heterocycles. The summed E-state index contributed by atoms with van der Waals surface area (Å²) in [7, 11) is 0. The van der Waals surface area contributed by atoms with Gasteiger partial charge in [-0.15, -0.1) is 0 Å². The van der Waals surface area contributed by atoms with E-state index < -0.39 is 0 Å². The average molecular weight is 246 g/mol. The second kappa shape index (κ2) is 5.89. The third-order valence-corrected chi connectivity index (χ3v) is 3.37. The molecule has 3 heteroatoms. The van der Waals surface area contributed by atoms with E-state index >= 15 is 0 Å². The Balaban J connectivity index is 1.96. The van der Waals surface area contributed by atoms with Gasteiger partial charge < -0.3 is 10.6 Å². The summed E-state index contributed by atoms with van der Waals surface area (Å²) in [6, 6.07) is 8.13. The van der Waals surface area contributed by atoms with Gasteiger partial charge in [-0.3, -0.25) is 4.79 Å². The van der Waals surface area contributed by atoms with E-state index in [-0.39, 0.29) is 5.91 Å². The van der Waals surface area contributed by atoms with Gasteiger partial charge in [0.25, 0.3) is 0 Å². The Morgan fingerprint density at radius 1 is 1.44 bits per heavy atom. The second-order valence-corrected chi connectivity index (χ2v) is 5.09. The molecule has 2 N–H and O–H groups in total. The second-order valence-electron chi connectivity index (χ2n) is 5.09. The lowest BCUT2D eigenvalue weighted by Crippen LogP contribution is -2.35. The van der Waals surface area contributed by atoms with Gasteiger partial charge in [-0.1, -0.05) is 25.5 Å². The van der Waals surface area contributed by atoms with E-state index in [9.17, 15) is 4.79 Å². The van der Waals surface area contributed by atoms with Crippen LogP contribution in [0.5, 0.6) is 0 Å². The Labute approximate surface area is 109 Å². The quantitative estimate of drug-likeness (QED) is 0.784. The summed E-state index contributed by atoms with van der Waals surface area (Å²) < 4.78 is 0. The van der Waals surface area contributed by atoms with Gasteiger partial charge in [-0.05, 0) is 37.0 Å².